The van der Waals surface area contributed by atoms with Crippen molar-refractivity contribution in [1.29, 1.82) is 5.41 Å². The summed E-state index contributed by atoms with van der Waals surface area (Å²) in [5.41, 5.74) is 0. The summed E-state index contributed by atoms with van der Waals surface area (Å²) in [6.07, 6.45) is -3.37. The lowest BCUT2D eigenvalue weighted by atomic mass is 10.1. The van der Waals surface area contributed by atoms with Gasteiger partial charge >= 0.3 is 0 Å². The molecule has 0 aliphatic carbocycles. The number of nitrogens with one attached hydrogen (secondary N) is 2. The molecule has 3 aliphatic rings. The number of guanidine groups is 1. The first-order valence-electron chi connectivity index (χ1n) is 7.31. The zero-order valence-electron chi connectivity index (χ0n) is 13.1. The van der Waals surface area contributed by atoms with Gasteiger partial charge in [0.1, 0.15) is 12.2 Å². The molecular weight excluding hydrogens is 320 g/mol. The Morgan fingerprint density at radius 1 is 1.46 bits per heavy atom. The molecule has 4 N–H and O–H groups in total. The molecule has 0 aromatic rings. The van der Waals surface area contributed by atoms with Crippen molar-refractivity contribution in [3.05, 3.63) is 0 Å². The summed E-state index contributed by atoms with van der Waals surface area (Å²) in [5.74, 6) is -0.958. The lowest BCUT2D eigenvalue weighted by Gasteiger charge is -2.28. The SMILES string of the molecule is CN(C)C(=O)C[C@H]1O[C@@H](N2C=NC3C(=O)NC(=N)N=C32)[C@H](O)[C@@H]1O. The molecule has 11 heteroatoms. The fourth-order valence-electron chi connectivity index (χ4n) is 2.72. The Morgan fingerprint density at radius 3 is 2.83 bits per heavy atom. The minimum atomic E-state index is -1.32. The van der Waals surface area contributed by atoms with Crippen LogP contribution in [0.3, 0.4) is 0 Å². The molecule has 3 aliphatic heterocycles. The van der Waals surface area contributed by atoms with E-state index >= 15 is 0 Å². The number of hydrogen-bond acceptors (Lipinski definition) is 8. The topological polar surface area (TPSA) is 151 Å². The van der Waals surface area contributed by atoms with Crippen LogP contribution in [0.1, 0.15) is 6.42 Å². The van der Waals surface area contributed by atoms with Gasteiger partial charge in [0.25, 0.3) is 5.91 Å². The van der Waals surface area contributed by atoms with Gasteiger partial charge in [-0.05, 0) is 0 Å². The molecule has 0 radical (unpaired) electrons. The van der Waals surface area contributed by atoms with Crippen LogP contribution in [0.25, 0.3) is 0 Å². The molecule has 1 unspecified atom stereocenters. The van der Waals surface area contributed by atoms with E-state index in [0.29, 0.717) is 0 Å². The standard InChI is InChI=1S/C13H18N6O5/c1-18(2)6(20)3-5-8(21)9(22)12(24-5)19-4-15-7-10(19)16-13(14)17-11(7)23/h4-5,7-9,12,21-22H,3H2,1-2H3,(H2,14,17,23)/t5-,7?,8-,9-,12-/m1/s1. The number of amidine groups is 1. The summed E-state index contributed by atoms with van der Waals surface area (Å²) in [6, 6.07) is -0.922. The molecule has 0 spiro atoms. The first kappa shape index (κ1) is 16.5. The van der Waals surface area contributed by atoms with Gasteiger partial charge < -0.3 is 19.8 Å². The van der Waals surface area contributed by atoms with Crippen LogP contribution in [-0.4, -0.2) is 94.6 Å². The van der Waals surface area contributed by atoms with Crippen molar-refractivity contribution in [2.24, 2.45) is 9.98 Å². The fourth-order valence-corrected chi connectivity index (χ4v) is 2.72. The van der Waals surface area contributed by atoms with Crippen LogP contribution < -0.4 is 5.32 Å². The van der Waals surface area contributed by atoms with Crippen molar-refractivity contribution in [2.45, 2.75) is 37.0 Å². The molecule has 1 saturated heterocycles. The van der Waals surface area contributed by atoms with Crippen molar-refractivity contribution in [3.63, 3.8) is 0 Å². The Kier molecular flexibility index (Phi) is 4.07. The van der Waals surface area contributed by atoms with E-state index in [1.165, 1.54) is 16.1 Å². The van der Waals surface area contributed by atoms with E-state index in [1.807, 2.05) is 0 Å². The van der Waals surface area contributed by atoms with E-state index in [4.69, 9.17) is 10.1 Å². The maximum atomic E-state index is 11.8. The van der Waals surface area contributed by atoms with Crippen LogP contribution in [0.15, 0.2) is 9.98 Å². The average molecular weight is 338 g/mol. The number of nitrogens with zero attached hydrogens (tertiary/aromatic N) is 4. The Morgan fingerprint density at radius 2 is 2.17 bits per heavy atom. The predicted molar refractivity (Wildman–Crippen MR) is 81.4 cm³/mol. The number of aliphatic imine (C=N–C) groups is 2. The smallest absolute Gasteiger partial charge is 0.259 e. The summed E-state index contributed by atoms with van der Waals surface area (Å²) >= 11 is 0. The highest BCUT2D eigenvalue weighted by molar-refractivity contribution is 6.23. The zero-order chi connectivity index (χ0) is 17.6. The van der Waals surface area contributed by atoms with Gasteiger partial charge in [-0.1, -0.05) is 0 Å². The second-order valence-electron chi connectivity index (χ2n) is 5.92. The number of aliphatic hydroxyl groups excluding tert-OH is 2. The molecular formula is C13H18N6O5. The van der Waals surface area contributed by atoms with Gasteiger partial charge in [0.2, 0.25) is 11.9 Å². The second kappa shape index (κ2) is 5.92. The summed E-state index contributed by atoms with van der Waals surface area (Å²) < 4.78 is 5.61. The van der Waals surface area contributed by atoms with Crippen LogP contribution in [0.4, 0.5) is 0 Å². The summed E-state index contributed by atoms with van der Waals surface area (Å²) in [6.45, 7) is 0. The third kappa shape index (κ3) is 2.66. The first-order valence-corrected chi connectivity index (χ1v) is 7.31. The van der Waals surface area contributed by atoms with E-state index in [1.54, 1.807) is 14.1 Å². The Hall–Kier alpha value is -2.37. The molecule has 0 aromatic carbocycles. The number of ether oxygens (including phenoxy) is 1. The highest BCUT2D eigenvalue weighted by Gasteiger charge is 2.50. The normalized spacial score (nSPS) is 34.9. The van der Waals surface area contributed by atoms with Crippen molar-refractivity contribution < 1.29 is 24.5 Å². The molecule has 5 atom stereocenters. The average Bonchev–Trinajstić information content (AvgIpc) is 3.03. The van der Waals surface area contributed by atoms with Gasteiger partial charge in [-0.25, -0.2) is 0 Å². The quantitative estimate of drug-likeness (QED) is 0.433. The van der Waals surface area contributed by atoms with Crippen LogP contribution >= 0.6 is 0 Å². The molecule has 11 nitrogen and oxygen atoms in total. The molecule has 2 amide bonds. The van der Waals surface area contributed by atoms with Crippen LogP contribution in [-0.2, 0) is 14.3 Å². The Labute approximate surface area is 137 Å². The molecule has 24 heavy (non-hydrogen) atoms. The zero-order valence-corrected chi connectivity index (χ0v) is 13.1. The number of aliphatic hydroxyl groups is 2. The minimum absolute atomic E-state index is 0.0983. The van der Waals surface area contributed by atoms with E-state index in [-0.39, 0.29) is 24.1 Å². The number of hydrogen-bond donors (Lipinski definition) is 4. The van der Waals surface area contributed by atoms with Crippen LogP contribution in [0, 0.1) is 5.41 Å². The second-order valence-corrected chi connectivity index (χ2v) is 5.92. The highest BCUT2D eigenvalue weighted by Crippen LogP contribution is 2.28. The number of carbonyl (C=O) groups excluding carboxylic acids is 2. The van der Waals surface area contributed by atoms with Gasteiger partial charge in [-0.2, -0.15) is 4.99 Å². The first-order chi connectivity index (χ1) is 11.3. The van der Waals surface area contributed by atoms with Crippen molar-refractivity contribution in [3.8, 4) is 0 Å². The van der Waals surface area contributed by atoms with Crippen molar-refractivity contribution in [1.82, 2.24) is 15.1 Å². The molecule has 3 rings (SSSR count). The lowest BCUT2D eigenvalue weighted by Crippen LogP contribution is -2.53. The van der Waals surface area contributed by atoms with Gasteiger partial charge in [-0.3, -0.25) is 30.2 Å². The maximum Gasteiger partial charge on any atom is 0.259 e. The molecule has 0 aromatic heterocycles. The summed E-state index contributed by atoms with van der Waals surface area (Å²) in [7, 11) is 3.16. The van der Waals surface area contributed by atoms with E-state index < -0.39 is 36.5 Å². The minimum Gasteiger partial charge on any atom is -0.388 e. The summed E-state index contributed by atoms with van der Waals surface area (Å²) in [5, 5.41) is 30.1. The lowest BCUT2D eigenvalue weighted by molar-refractivity contribution is -0.133. The number of fused-ring (bicyclic) bond motifs is 1. The fraction of sp³-hybridized carbons (Fsp3) is 0.615. The third-order valence-electron chi connectivity index (χ3n) is 4.05. The molecule has 3 heterocycles. The van der Waals surface area contributed by atoms with Gasteiger partial charge in [0.05, 0.1) is 18.9 Å². The van der Waals surface area contributed by atoms with Crippen LogP contribution in [0.5, 0.6) is 0 Å². The van der Waals surface area contributed by atoms with E-state index in [2.05, 4.69) is 15.3 Å². The number of rotatable bonds is 3. The Bertz CT molecular complexity index is 647. The molecule has 130 valence electrons. The van der Waals surface area contributed by atoms with Crippen molar-refractivity contribution >= 4 is 29.9 Å². The predicted octanol–water partition coefficient (Wildman–Crippen LogP) is -2.91. The third-order valence-corrected chi connectivity index (χ3v) is 4.05. The molecule has 0 saturated carbocycles. The highest BCUT2D eigenvalue weighted by atomic mass is 16.6. The molecule has 0 bridgehead atoms. The van der Waals surface area contributed by atoms with Gasteiger partial charge in [0.15, 0.2) is 18.1 Å². The van der Waals surface area contributed by atoms with Crippen molar-refractivity contribution in [2.75, 3.05) is 14.1 Å². The molecule has 1 fully saturated rings. The summed E-state index contributed by atoms with van der Waals surface area (Å²) in [4.78, 5) is 34.2. The van der Waals surface area contributed by atoms with Gasteiger partial charge in [0, 0.05) is 14.1 Å². The van der Waals surface area contributed by atoms with E-state index in [0.717, 1.165) is 0 Å². The Balaban J connectivity index is 1.78. The monoisotopic (exact) mass is 338 g/mol. The van der Waals surface area contributed by atoms with E-state index in [9.17, 15) is 19.8 Å². The largest absolute Gasteiger partial charge is 0.388 e. The van der Waals surface area contributed by atoms with Crippen LogP contribution in [0.2, 0.25) is 0 Å². The van der Waals surface area contributed by atoms with Gasteiger partial charge in [-0.15, -0.1) is 0 Å². The number of carbonyl (C=O) groups is 2. The number of amides is 2. The maximum absolute atomic E-state index is 11.8.